The van der Waals surface area contributed by atoms with Crippen LogP contribution in [0.25, 0.3) is 0 Å². The molecule has 1 fully saturated rings. The van der Waals surface area contributed by atoms with Crippen LogP contribution in [0.3, 0.4) is 0 Å². The summed E-state index contributed by atoms with van der Waals surface area (Å²) in [5.41, 5.74) is 2.04. The molecule has 1 aliphatic rings. The lowest BCUT2D eigenvalue weighted by Crippen LogP contribution is -2.35. The van der Waals surface area contributed by atoms with E-state index in [2.05, 4.69) is 25.5 Å². The minimum absolute atomic E-state index is 0.166. The van der Waals surface area contributed by atoms with Gasteiger partial charge in [0.1, 0.15) is 5.82 Å². The fraction of sp³-hybridized carbons (Fsp3) is 0.280. The van der Waals surface area contributed by atoms with E-state index in [4.69, 9.17) is 11.6 Å². The van der Waals surface area contributed by atoms with Gasteiger partial charge in [-0.2, -0.15) is 0 Å². The van der Waals surface area contributed by atoms with Gasteiger partial charge in [-0.3, -0.25) is 14.6 Å². The Labute approximate surface area is 198 Å². The van der Waals surface area contributed by atoms with E-state index in [0.29, 0.717) is 34.4 Å². The van der Waals surface area contributed by atoms with Crippen LogP contribution < -0.4 is 15.5 Å². The van der Waals surface area contributed by atoms with Crippen LogP contribution in [0.2, 0.25) is 5.02 Å². The summed E-state index contributed by atoms with van der Waals surface area (Å²) in [6.07, 6.45) is 8.29. The highest BCUT2D eigenvalue weighted by atomic mass is 35.5. The van der Waals surface area contributed by atoms with Crippen molar-refractivity contribution in [2.45, 2.75) is 19.3 Å². The Morgan fingerprint density at radius 3 is 2.45 bits per heavy atom. The highest BCUT2D eigenvalue weighted by Gasteiger charge is 2.19. The van der Waals surface area contributed by atoms with Gasteiger partial charge in [0.2, 0.25) is 0 Å². The Hall–Kier alpha value is -3.45. The third-order valence-electron chi connectivity index (χ3n) is 5.87. The number of halogens is 1. The molecule has 2 amide bonds. The average molecular weight is 464 g/mol. The van der Waals surface area contributed by atoms with Gasteiger partial charge in [-0.15, -0.1) is 0 Å². The molecule has 0 atom stereocenters. The van der Waals surface area contributed by atoms with Gasteiger partial charge in [-0.25, -0.2) is 4.98 Å². The number of anilines is 2. The quantitative estimate of drug-likeness (QED) is 0.541. The van der Waals surface area contributed by atoms with Crippen molar-refractivity contribution in [1.29, 1.82) is 0 Å². The summed E-state index contributed by atoms with van der Waals surface area (Å²) in [6.45, 7) is 2.67. The molecule has 4 rings (SSSR count). The van der Waals surface area contributed by atoms with Crippen molar-refractivity contribution >= 4 is 34.9 Å². The number of carbonyl (C=O) groups excluding carboxylic acids is 2. The number of rotatable bonds is 7. The van der Waals surface area contributed by atoms with E-state index in [1.54, 1.807) is 36.4 Å². The van der Waals surface area contributed by atoms with Crippen molar-refractivity contribution in [3.63, 3.8) is 0 Å². The Morgan fingerprint density at radius 2 is 1.76 bits per heavy atom. The fourth-order valence-electron chi connectivity index (χ4n) is 3.96. The summed E-state index contributed by atoms with van der Waals surface area (Å²) in [7, 11) is 0. The lowest BCUT2D eigenvalue weighted by Gasteiger charge is -2.33. The molecule has 33 heavy (non-hydrogen) atoms. The number of piperidine rings is 1. The molecule has 0 saturated carbocycles. The van der Waals surface area contributed by atoms with E-state index >= 15 is 0 Å². The Balaban J connectivity index is 1.20. The van der Waals surface area contributed by atoms with Gasteiger partial charge in [0, 0.05) is 43.9 Å². The van der Waals surface area contributed by atoms with Crippen LogP contribution in [-0.2, 0) is 0 Å². The first kappa shape index (κ1) is 22.7. The Bertz CT molecular complexity index is 1080. The van der Waals surface area contributed by atoms with Crippen molar-refractivity contribution in [1.82, 2.24) is 15.3 Å². The van der Waals surface area contributed by atoms with Gasteiger partial charge in [-0.1, -0.05) is 23.7 Å². The first-order valence-corrected chi connectivity index (χ1v) is 11.4. The fourth-order valence-corrected chi connectivity index (χ4v) is 4.18. The number of aromatic nitrogens is 2. The van der Waals surface area contributed by atoms with Crippen LogP contribution in [0.1, 0.15) is 40.0 Å². The van der Waals surface area contributed by atoms with Crippen molar-refractivity contribution in [3.05, 3.63) is 83.3 Å². The maximum absolute atomic E-state index is 12.5. The molecule has 0 radical (unpaired) electrons. The molecule has 0 aliphatic carbocycles. The van der Waals surface area contributed by atoms with Gasteiger partial charge in [0.15, 0.2) is 0 Å². The maximum Gasteiger partial charge on any atom is 0.258 e. The number of nitrogens with zero attached hydrogens (tertiary/aromatic N) is 3. The molecule has 3 aromatic rings. The number of nitrogens with one attached hydrogen (secondary N) is 2. The number of carbonyl (C=O) groups is 2. The smallest absolute Gasteiger partial charge is 0.258 e. The zero-order valence-corrected chi connectivity index (χ0v) is 19.0. The number of hydrogen-bond acceptors (Lipinski definition) is 5. The lowest BCUT2D eigenvalue weighted by molar-refractivity contribution is 0.0950. The molecule has 7 nitrogen and oxygen atoms in total. The van der Waals surface area contributed by atoms with Crippen LogP contribution in [0.5, 0.6) is 0 Å². The molecule has 0 unspecified atom stereocenters. The molecule has 0 spiro atoms. The number of pyridine rings is 2. The third kappa shape index (κ3) is 6.08. The lowest BCUT2D eigenvalue weighted by atomic mass is 9.93. The topological polar surface area (TPSA) is 87.2 Å². The zero-order valence-electron chi connectivity index (χ0n) is 18.2. The second kappa shape index (κ2) is 10.9. The van der Waals surface area contributed by atoms with Crippen molar-refractivity contribution < 1.29 is 9.59 Å². The highest BCUT2D eigenvalue weighted by molar-refractivity contribution is 6.34. The molecule has 2 N–H and O–H groups in total. The number of benzene rings is 1. The van der Waals surface area contributed by atoms with E-state index < -0.39 is 0 Å². The summed E-state index contributed by atoms with van der Waals surface area (Å²) in [6, 6.07) is 14.1. The largest absolute Gasteiger partial charge is 0.371 e. The van der Waals surface area contributed by atoms with Crippen molar-refractivity contribution in [2.75, 3.05) is 29.9 Å². The molecule has 3 heterocycles. The molecule has 170 valence electrons. The molecule has 0 bridgehead atoms. The van der Waals surface area contributed by atoms with Crippen LogP contribution in [-0.4, -0.2) is 41.4 Å². The third-order valence-corrected chi connectivity index (χ3v) is 6.20. The number of hydrogen-bond donors (Lipinski definition) is 2. The van der Waals surface area contributed by atoms with Gasteiger partial charge in [-0.05, 0) is 61.6 Å². The minimum atomic E-state index is -0.347. The summed E-state index contributed by atoms with van der Waals surface area (Å²) in [5.74, 6) is 0.447. The molecule has 2 aromatic heterocycles. The summed E-state index contributed by atoms with van der Waals surface area (Å²) >= 11 is 6.05. The Morgan fingerprint density at radius 1 is 1.00 bits per heavy atom. The molecule has 8 heteroatoms. The van der Waals surface area contributed by atoms with Gasteiger partial charge >= 0.3 is 0 Å². The highest BCUT2D eigenvalue weighted by Crippen LogP contribution is 2.24. The van der Waals surface area contributed by atoms with E-state index in [1.165, 1.54) is 11.9 Å². The van der Waals surface area contributed by atoms with Gasteiger partial charge in [0.25, 0.3) is 11.8 Å². The normalized spacial score (nSPS) is 14.0. The minimum Gasteiger partial charge on any atom is -0.371 e. The SMILES string of the molecule is O=C(NCCC1CCN(c2ccncc2)CC1)c1ccc(NC(=O)c2ccccc2Cl)nc1. The number of amides is 2. The Kier molecular flexibility index (Phi) is 7.52. The monoisotopic (exact) mass is 463 g/mol. The first-order valence-electron chi connectivity index (χ1n) is 11.1. The van der Waals surface area contributed by atoms with E-state index in [-0.39, 0.29) is 11.8 Å². The average Bonchev–Trinajstić information content (AvgIpc) is 2.85. The predicted molar refractivity (Wildman–Crippen MR) is 130 cm³/mol. The predicted octanol–water partition coefficient (Wildman–Crippen LogP) is 4.42. The van der Waals surface area contributed by atoms with Crippen LogP contribution in [0.15, 0.2) is 67.1 Å². The summed E-state index contributed by atoms with van der Waals surface area (Å²) in [5, 5.41) is 6.04. The van der Waals surface area contributed by atoms with E-state index in [0.717, 1.165) is 32.4 Å². The van der Waals surface area contributed by atoms with Gasteiger partial charge < -0.3 is 15.5 Å². The van der Waals surface area contributed by atoms with Crippen LogP contribution in [0.4, 0.5) is 11.5 Å². The molecular weight excluding hydrogens is 438 g/mol. The van der Waals surface area contributed by atoms with Crippen LogP contribution in [0, 0.1) is 5.92 Å². The molecular formula is C25H26ClN5O2. The standard InChI is InChI=1S/C25H26ClN5O2/c26-22-4-2-1-3-21(22)25(33)30-23-6-5-19(17-29-23)24(32)28-14-7-18-10-15-31(16-11-18)20-8-12-27-13-9-20/h1-6,8-9,12-13,17-18H,7,10-11,14-16H2,(H,28,32)(H,29,30,33). The van der Waals surface area contributed by atoms with E-state index in [9.17, 15) is 9.59 Å². The van der Waals surface area contributed by atoms with Gasteiger partial charge in [0.05, 0.1) is 16.1 Å². The van der Waals surface area contributed by atoms with E-state index in [1.807, 2.05) is 24.5 Å². The second-order valence-electron chi connectivity index (χ2n) is 8.05. The first-order chi connectivity index (χ1) is 16.1. The zero-order chi connectivity index (χ0) is 23.0. The second-order valence-corrected chi connectivity index (χ2v) is 8.45. The van der Waals surface area contributed by atoms with Crippen molar-refractivity contribution in [2.24, 2.45) is 5.92 Å². The summed E-state index contributed by atoms with van der Waals surface area (Å²) in [4.78, 5) is 35.4. The maximum atomic E-state index is 12.5. The van der Waals surface area contributed by atoms with Crippen LogP contribution >= 0.6 is 11.6 Å². The molecule has 1 aromatic carbocycles. The molecule has 1 saturated heterocycles. The van der Waals surface area contributed by atoms with Crippen molar-refractivity contribution in [3.8, 4) is 0 Å². The summed E-state index contributed by atoms with van der Waals surface area (Å²) < 4.78 is 0. The molecule has 1 aliphatic heterocycles.